The zero-order chi connectivity index (χ0) is 36.5. The molecule has 4 amide bonds. The van der Waals surface area contributed by atoms with Gasteiger partial charge in [0.25, 0.3) is 0 Å². The van der Waals surface area contributed by atoms with Crippen LogP contribution in [0.3, 0.4) is 0 Å². The topological polar surface area (TPSA) is 171 Å². The number of piperazine rings is 1. The first-order valence-corrected chi connectivity index (χ1v) is 19.1. The summed E-state index contributed by atoms with van der Waals surface area (Å²) in [6, 6.07) is 5.09. The Bertz CT molecular complexity index is 1640. The van der Waals surface area contributed by atoms with Gasteiger partial charge in [0.2, 0.25) is 15.9 Å². The lowest BCUT2D eigenvalue weighted by Gasteiger charge is -2.35. The molecule has 2 atom stereocenters. The van der Waals surface area contributed by atoms with Gasteiger partial charge in [-0.3, -0.25) is 9.78 Å². The van der Waals surface area contributed by atoms with Crippen molar-refractivity contribution in [3.63, 3.8) is 0 Å². The van der Waals surface area contributed by atoms with Gasteiger partial charge in [-0.05, 0) is 68.4 Å². The van der Waals surface area contributed by atoms with Gasteiger partial charge in [0.15, 0.2) is 0 Å². The molecule has 2 aromatic rings. The fourth-order valence-corrected chi connectivity index (χ4v) is 8.92. The Morgan fingerprint density at radius 2 is 1.59 bits per heavy atom. The molecule has 51 heavy (non-hydrogen) atoms. The summed E-state index contributed by atoms with van der Waals surface area (Å²) in [5.74, 6) is -1.20. The van der Waals surface area contributed by atoms with Crippen molar-refractivity contribution >= 4 is 62.9 Å². The lowest BCUT2D eigenvalue weighted by atomic mass is 9.94. The Hall–Kier alpha value is -3.86. The summed E-state index contributed by atoms with van der Waals surface area (Å²) in [6.07, 6.45) is 5.97. The fourth-order valence-electron chi connectivity index (χ4n) is 6.54. The van der Waals surface area contributed by atoms with Crippen LogP contribution < -0.4 is 15.5 Å². The number of halogens is 2. The first-order valence-electron chi connectivity index (χ1n) is 16.9. The van der Waals surface area contributed by atoms with Crippen LogP contribution >= 0.6 is 23.2 Å². The maximum Gasteiger partial charge on any atom is 0.409 e. The molecule has 278 valence electrons. The summed E-state index contributed by atoms with van der Waals surface area (Å²) >= 11 is 12.0. The number of hydrogen-bond donors (Lipinski definition) is 2. The smallest absolute Gasteiger partial charge is 0.409 e. The molecule has 5 rings (SSSR count). The molecule has 3 fully saturated rings. The van der Waals surface area contributed by atoms with Crippen LogP contribution in [0.2, 0.25) is 10.0 Å². The number of urea groups is 1. The van der Waals surface area contributed by atoms with Gasteiger partial charge >= 0.3 is 18.1 Å². The van der Waals surface area contributed by atoms with Gasteiger partial charge in [0, 0.05) is 73.9 Å². The van der Waals surface area contributed by atoms with Gasteiger partial charge < -0.3 is 34.8 Å². The lowest BCUT2D eigenvalue weighted by Crippen LogP contribution is -2.55. The molecule has 15 nitrogen and oxygen atoms in total. The van der Waals surface area contributed by atoms with E-state index < -0.39 is 40.0 Å². The van der Waals surface area contributed by atoms with Crippen LogP contribution in [0, 0.1) is 5.92 Å². The molecule has 2 N–H and O–H groups in total. The average molecular weight is 769 g/mol. The normalized spacial score (nSPS) is 19.4. The number of amides is 4. The first-order chi connectivity index (χ1) is 24.5. The third kappa shape index (κ3) is 9.93. The van der Waals surface area contributed by atoms with Gasteiger partial charge in [-0.2, -0.15) is 4.31 Å². The maximum absolute atomic E-state index is 13.4. The molecule has 3 saturated heterocycles. The molecular weight excluding hydrogens is 725 g/mol. The molecule has 1 aromatic carbocycles. The van der Waals surface area contributed by atoms with Crippen molar-refractivity contribution in [2.24, 2.45) is 5.92 Å². The highest BCUT2D eigenvalue weighted by Crippen LogP contribution is 2.30. The van der Waals surface area contributed by atoms with E-state index in [1.54, 1.807) is 22.2 Å². The minimum atomic E-state index is -4.13. The Labute approximate surface area is 307 Å². The number of aromatic nitrogens is 1. The minimum absolute atomic E-state index is 0.0907. The van der Waals surface area contributed by atoms with Gasteiger partial charge in [-0.25, -0.2) is 22.8 Å². The Kier molecular flexibility index (Phi) is 13.2. The SMILES string of the molecule is COC(=O)[C@H](CNC(=O)N1CCC(CCOC(=O)N2CCN(c3ccncc3)CC2)CC1)NC(=O)[C@@H]1CCCN1S(=O)(=O)c1cc(Cl)cc(Cl)c1. The molecule has 4 heterocycles. The second kappa shape index (κ2) is 17.6. The summed E-state index contributed by atoms with van der Waals surface area (Å²) in [5.41, 5.74) is 1.08. The van der Waals surface area contributed by atoms with E-state index in [9.17, 15) is 27.6 Å². The summed E-state index contributed by atoms with van der Waals surface area (Å²) < 4.78 is 38.3. The second-order valence-corrected chi connectivity index (χ2v) is 15.4. The number of methoxy groups -OCH3 is 1. The largest absolute Gasteiger partial charge is 0.467 e. The summed E-state index contributed by atoms with van der Waals surface area (Å²) in [7, 11) is -2.97. The van der Waals surface area contributed by atoms with E-state index in [1.165, 1.54) is 18.2 Å². The Morgan fingerprint density at radius 3 is 2.24 bits per heavy atom. The third-order valence-electron chi connectivity index (χ3n) is 9.43. The molecule has 3 aliphatic heterocycles. The third-order valence-corrected chi connectivity index (χ3v) is 11.8. The van der Waals surface area contributed by atoms with Gasteiger partial charge in [-0.1, -0.05) is 23.2 Å². The quantitative estimate of drug-likeness (QED) is 0.324. The number of esters is 1. The van der Waals surface area contributed by atoms with Gasteiger partial charge in [0.1, 0.15) is 12.1 Å². The highest BCUT2D eigenvalue weighted by atomic mass is 35.5. The Morgan fingerprint density at radius 1 is 0.922 bits per heavy atom. The van der Waals surface area contributed by atoms with E-state index in [0.717, 1.165) is 43.0 Å². The summed E-state index contributed by atoms with van der Waals surface area (Å²) in [4.78, 5) is 61.0. The number of carbonyl (C=O) groups is 4. The summed E-state index contributed by atoms with van der Waals surface area (Å²) in [6.45, 7) is 3.67. The van der Waals surface area contributed by atoms with Crippen LogP contribution in [0.4, 0.5) is 15.3 Å². The summed E-state index contributed by atoms with van der Waals surface area (Å²) in [5, 5.41) is 5.53. The molecule has 0 radical (unpaired) electrons. The number of piperidine rings is 1. The second-order valence-electron chi connectivity index (χ2n) is 12.7. The predicted octanol–water partition coefficient (Wildman–Crippen LogP) is 2.97. The number of anilines is 1. The van der Waals surface area contributed by atoms with Crippen molar-refractivity contribution in [3.05, 3.63) is 52.8 Å². The van der Waals surface area contributed by atoms with Crippen LogP contribution in [0.1, 0.15) is 32.1 Å². The van der Waals surface area contributed by atoms with Crippen molar-refractivity contribution in [2.75, 3.05) is 71.0 Å². The van der Waals surface area contributed by atoms with Crippen molar-refractivity contribution in [1.29, 1.82) is 0 Å². The molecule has 0 unspecified atom stereocenters. The number of hydrogen-bond acceptors (Lipinski definition) is 10. The van der Waals surface area contributed by atoms with Crippen LogP contribution in [0.25, 0.3) is 0 Å². The number of ether oxygens (including phenoxy) is 2. The number of nitrogens with one attached hydrogen (secondary N) is 2. The standard InChI is InChI=1S/C33H43Cl2N7O8S/c1-49-31(44)28(38-30(43)29-3-2-11-42(29)51(47,48)27-20-24(34)19-25(35)21-27)22-37-32(45)40-12-6-23(7-13-40)8-18-50-33(46)41-16-14-39(15-17-41)26-4-9-36-10-5-26/h4-5,9-10,19-21,23,28-29H,2-3,6-8,11-18,22H2,1H3,(H,37,45)(H,38,43)/t28-,29-/m0/s1. The van der Waals surface area contributed by atoms with E-state index >= 15 is 0 Å². The molecule has 0 saturated carbocycles. The van der Waals surface area contributed by atoms with Crippen molar-refractivity contribution in [2.45, 2.75) is 49.1 Å². The number of pyridine rings is 1. The van der Waals surface area contributed by atoms with Crippen molar-refractivity contribution in [1.82, 2.24) is 29.7 Å². The van der Waals surface area contributed by atoms with Crippen LogP contribution in [-0.2, 0) is 29.1 Å². The van der Waals surface area contributed by atoms with E-state index in [4.69, 9.17) is 32.7 Å². The predicted molar refractivity (Wildman–Crippen MR) is 189 cm³/mol. The highest BCUT2D eigenvalue weighted by Gasteiger charge is 2.41. The molecular formula is C33H43Cl2N7O8S. The zero-order valence-corrected chi connectivity index (χ0v) is 30.7. The highest BCUT2D eigenvalue weighted by molar-refractivity contribution is 7.89. The molecule has 0 bridgehead atoms. The molecule has 0 aliphatic carbocycles. The molecule has 3 aliphatic rings. The number of benzene rings is 1. The first kappa shape index (κ1) is 38.4. The monoisotopic (exact) mass is 767 g/mol. The number of carbonyl (C=O) groups excluding carboxylic acids is 4. The van der Waals surface area contributed by atoms with E-state index in [-0.39, 0.29) is 46.5 Å². The van der Waals surface area contributed by atoms with Crippen LogP contribution in [-0.4, -0.2) is 130 Å². The maximum atomic E-state index is 13.4. The van der Waals surface area contributed by atoms with Crippen LogP contribution in [0.15, 0.2) is 47.6 Å². The van der Waals surface area contributed by atoms with E-state index in [1.807, 2.05) is 12.1 Å². The van der Waals surface area contributed by atoms with Gasteiger partial charge in [-0.15, -0.1) is 0 Å². The van der Waals surface area contributed by atoms with Crippen LogP contribution in [0.5, 0.6) is 0 Å². The number of rotatable bonds is 11. The fraction of sp³-hybridized carbons (Fsp3) is 0.545. The molecule has 0 spiro atoms. The van der Waals surface area contributed by atoms with Crippen molar-refractivity contribution < 1.29 is 37.1 Å². The van der Waals surface area contributed by atoms with E-state index in [0.29, 0.717) is 45.6 Å². The number of nitrogens with zero attached hydrogens (tertiary/aromatic N) is 5. The van der Waals surface area contributed by atoms with Crippen molar-refractivity contribution in [3.8, 4) is 0 Å². The number of sulfonamides is 1. The molecule has 18 heteroatoms. The number of likely N-dealkylation sites (tertiary alicyclic amines) is 1. The van der Waals surface area contributed by atoms with E-state index in [2.05, 4.69) is 20.5 Å². The average Bonchev–Trinajstić information content (AvgIpc) is 3.65. The Balaban J connectivity index is 1.03. The molecule has 1 aromatic heterocycles. The van der Waals surface area contributed by atoms with Gasteiger partial charge in [0.05, 0.1) is 25.2 Å². The minimum Gasteiger partial charge on any atom is -0.467 e. The zero-order valence-electron chi connectivity index (χ0n) is 28.3. The lowest BCUT2D eigenvalue weighted by molar-refractivity contribution is -0.145.